The van der Waals surface area contributed by atoms with Gasteiger partial charge in [0.1, 0.15) is 0 Å². The quantitative estimate of drug-likeness (QED) is 0.262. The van der Waals surface area contributed by atoms with Crippen LogP contribution in [-0.4, -0.2) is 27.5 Å². The van der Waals surface area contributed by atoms with Crippen LogP contribution in [0.2, 0.25) is 18.6 Å². The summed E-state index contributed by atoms with van der Waals surface area (Å²) in [4.78, 5) is 11.2. The lowest BCUT2D eigenvalue weighted by Crippen LogP contribution is -2.34. The molecule has 0 spiro atoms. The summed E-state index contributed by atoms with van der Waals surface area (Å²) in [6, 6.07) is 2.37. The zero-order valence-electron chi connectivity index (χ0n) is 12.4. The van der Waals surface area contributed by atoms with Crippen molar-refractivity contribution in [3.63, 3.8) is 0 Å². The van der Waals surface area contributed by atoms with E-state index in [-0.39, 0.29) is 5.97 Å². The predicted molar refractivity (Wildman–Crippen MR) is 78.2 cm³/mol. The van der Waals surface area contributed by atoms with Crippen molar-refractivity contribution in [2.24, 2.45) is 0 Å². The number of carbonyl (C=O) groups excluding carboxylic acids is 1. The molecule has 1 atom stereocenters. The molecule has 106 valence electrons. The average Bonchev–Trinajstić information content (AvgIpc) is 2.28. The Morgan fingerprint density at radius 3 is 2.39 bits per heavy atom. The second kappa shape index (κ2) is 9.33. The van der Waals surface area contributed by atoms with Crippen molar-refractivity contribution >= 4 is 14.3 Å². The molecule has 0 bridgehead atoms. The van der Waals surface area contributed by atoms with Crippen molar-refractivity contribution in [3.05, 3.63) is 12.2 Å². The Morgan fingerprint density at radius 1 is 1.22 bits per heavy atom. The molecule has 0 amide bonds. The topological polar surface area (TPSA) is 35.5 Å². The van der Waals surface area contributed by atoms with E-state index in [2.05, 4.69) is 27.0 Å². The maximum atomic E-state index is 11.2. The number of esters is 1. The maximum absolute atomic E-state index is 11.2. The normalized spacial score (nSPS) is 14.0. The smallest absolute Gasteiger partial charge is 0.333 e. The standard InChI is InChI=1S/C14H28O3Si/c1-6-11-18(5,17-7-2)12-9-8-10-16-14(15)13(3)4/h3,6-12H2,1-2,4-5H3. The van der Waals surface area contributed by atoms with Crippen LogP contribution >= 0.6 is 0 Å². The van der Waals surface area contributed by atoms with Crippen LogP contribution in [0.15, 0.2) is 12.2 Å². The van der Waals surface area contributed by atoms with Crippen LogP contribution in [0, 0.1) is 0 Å². The van der Waals surface area contributed by atoms with Crippen molar-refractivity contribution in [3.8, 4) is 0 Å². The summed E-state index contributed by atoms with van der Waals surface area (Å²) >= 11 is 0. The van der Waals surface area contributed by atoms with Gasteiger partial charge in [-0.2, -0.15) is 0 Å². The summed E-state index contributed by atoms with van der Waals surface area (Å²) < 4.78 is 11.0. The van der Waals surface area contributed by atoms with Crippen LogP contribution < -0.4 is 0 Å². The third-order valence-corrected chi connectivity index (χ3v) is 6.91. The Balaban J connectivity index is 3.80. The van der Waals surface area contributed by atoms with E-state index in [0.29, 0.717) is 12.2 Å². The van der Waals surface area contributed by atoms with Crippen molar-refractivity contribution < 1.29 is 14.0 Å². The summed E-state index contributed by atoms with van der Waals surface area (Å²) in [5, 5.41) is 0. The molecule has 18 heavy (non-hydrogen) atoms. The molecule has 3 nitrogen and oxygen atoms in total. The van der Waals surface area contributed by atoms with E-state index in [9.17, 15) is 4.79 Å². The molecule has 0 heterocycles. The molecule has 0 aromatic carbocycles. The van der Waals surface area contributed by atoms with E-state index in [1.807, 2.05) is 0 Å². The second-order valence-corrected chi connectivity index (χ2v) is 9.19. The zero-order chi connectivity index (χ0) is 14.0. The van der Waals surface area contributed by atoms with Crippen molar-refractivity contribution in [2.45, 2.75) is 58.7 Å². The Kier molecular flexibility index (Phi) is 9.02. The van der Waals surface area contributed by atoms with Gasteiger partial charge in [0.15, 0.2) is 8.32 Å². The van der Waals surface area contributed by atoms with Crippen molar-refractivity contribution in [2.75, 3.05) is 13.2 Å². The van der Waals surface area contributed by atoms with Crippen LogP contribution in [-0.2, 0) is 14.0 Å². The lowest BCUT2D eigenvalue weighted by atomic mass is 10.3. The minimum atomic E-state index is -1.51. The number of rotatable bonds is 10. The molecular formula is C14H28O3Si. The summed E-state index contributed by atoms with van der Waals surface area (Å²) in [6.45, 7) is 13.1. The molecule has 0 aromatic heterocycles. The van der Waals surface area contributed by atoms with Gasteiger partial charge in [-0.25, -0.2) is 4.79 Å². The molecule has 4 heteroatoms. The highest BCUT2D eigenvalue weighted by molar-refractivity contribution is 6.72. The first-order chi connectivity index (χ1) is 8.45. The second-order valence-electron chi connectivity index (χ2n) is 5.01. The first-order valence-electron chi connectivity index (χ1n) is 6.91. The third-order valence-electron chi connectivity index (χ3n) is 2.95. The SMILES string of the molecule is C=C(C)C(=O)OCCCC[Si](C)(CCC)OCC. The monoisotopic (exact) mass is 272 g/mol. The molecule has 0 rings (SSSR count). The van der Waals surface area contributed by atoms with Crippen LogP contribution in [0.25, 0.3) is 0 Å². The Hall–Kier alpha value is -0.613. The van der Waals surface area contributed by atoms with Gasteiger partial charge in [-0.3, -0.25) is 0 Å². The minimum absolute atomic E-state index is 0.284. The van der Waals surface area contributed by atoms with Crippen LogP contribution in [0.1, 0.15) is 40.0 Å². The molecule has 0 saturated carbocycles. The van der Waals surface area contributed by atoms with Gasteiger partial charge in [-0.15, -0.1) is 0 Å². The average molecular weight is 272 g/mol. The van der Waals surface area contributed by atoms with Crippen molar-refractivity contribution in [1.82, 2.24) is 0 Å². The van der Waals surface area contributed by atoms with E-state index in [4.69, 9.17) is 9.16 Å². The molecule has 0 radical (unpaired) electrons. The predicted octanol–water partition coefficient (Wildman–Crippen LogP) is 3.91. The summed E-state index contributed by atoms with van der Waals surface area (Å²) in [5.41, 5.74) is 0.467. The summed E-state index contributed by atoms with van der Waals surface area (Å²) in [6.07, 6.45) is 3.18. The fourth-order valence-electron chi connectivity index (χ4n) is 2.04. The summed E-state index contributed by atoms with van der Waals surface area (Å²) in [7, 11) is -1.51. The van der Waals surface area contributed by atoms with E-state index >= 15 is 0 Å². The highest BCUT2D eigenvalue weighted by Gasteiger charge is 2.26. The van der Waals surface area contributed by atoms with Gasteiger partial charge in [-0.05, 0) is 38.9 Å². The van der Waals surface area contributed by atoms with Gasteiger partial charge in [0.2, 0.25) is 0 Å². The van der Waals surface area contributed by atoms with Crippen LogP contribution in [0.5, 0.6) is 0 Å². The van der Waals surface area contributed by atoms with Crippen LogP contribution in [0.4, 0.5) is 0 Å². The molecule has 0 saturated heterocycles. The fourth-order valence-corrected chi connectivity index (χ4v) is 5.33. The van der Waals surface area contributed by atoms with Gasteiger partial charge < -0.3 is 9.16 Å². The third kappa shape index (κ3) is 7.66. The summed E-state index contributed by atoms with van der Waals surface area (Å²) in [5.74, 6) is -0.284. The molecule has 0 aliphatic heterocycles. The minimum Gasteiger partial charge on any atom is -0.462 e. The van der Waals surface area contributed by atoms with E-state index < -0.39 is 8.32 Å². The zero-order valence-corrected chi connectivity index (χ0v) is 13.4. The molecule has 0 aliphatic carbocycles. The first-order valence-corrected chi connectivity index (χ1v) is 9.74. The largest absolute Gasteiger partial charge is 0.462 e. The maximum Gasteiger partial charge on any atom is 0.333 e. The fraction of sp³-hybridized carbons (Fsp3) is 0.786. The highest BCUT2D eigenvalue weighted by Crippen LogP contribution is 2.22. The number of carbonyl (C=O) groups is 1. The first kappa shape index (κ1) is 17.4. The lowest BCUT2D eigenvalue weighted by molar-refractivity contribution is -0.139. The van der Waals surface area contributed by atoms with Gasteiger partial charge in [0, 0.05) is 12.2 Å². The molecule has 0 fully saturated rings. The number of hydrogen-bond acceptors (Lipinski definition) is 3. The van der Waals surface area contributed by atoms with Gasteiger partial charge >= 0.3 is 5.97 Å². The molecule has 1 unspecified atom stereocenters. The molecular weight excluding hydrogens is 244 g/mol. The van der Waals surface area contributed by atoms with E-state index in [1.54, 1.807) is 6.92 Å². The molecule has 0 N–H and O–H groups in total. The number of hydrogen-bond donors (Lipinski definition) is 0. The van der Waals surface area contributed by atoms with Gasteiger partial charge in [-0.1, -0.05) is 26.3 Å². The Labute approximate surface area is 113 Å². The van der Waals surface area contributed by atoms with Gasteiger partial charge in [0.05, 0.1) is 6.61 Å². The van der Waals surface area contributed by atoms with E-state index in [1.165, 1.54) is 12.5 Å². The Morgan fingerprint density at radius 2 is 1.89 bits per heavy atom. The van der Waals surface area contributed by atoms with Gasteiger partial charge in [0.25, 0.3) is 0 Å². The molecule has 0 aromatic rings. The number of ether oxygens (including phenoxy) is 1. The van der Waals surface area contributed by atoms with Crippen molar-refractivity contribution in [1.29, 1.82) is 0 Å². The van der Waals surface area contributed by atoms with Crippen LogP contribution in [0.3, 0.4) is 0 Å². The molecule has 0 aliphatic rings. The number of unbranched alkanes of at least 4 members (excludes halogenated alkanes) is 1. The Bertz CT molecular complexity index is 258. The van der Waals surface area contributed by atoms with E-state index in [0.717, 1.165) is 25.5 Å². The lowest BCUT2D eigenvalue weighted by Gasteiger charge is -2.26. The highest BCUT2D eigenvalue weighted by atomic mass is 28.4.